The molecule has 0 aliphatic rings. The van der Waals surface area contributed by atoms with Gasteiger partial charge in [0, 0.05) is 12.8 Å². The molecule has 0 aromatic rings. The maximum absolute atomic E-state index is 12.9. The van der Waals surface area contributed by atoms with E-state index in [1.807, 2.05) is 21.1 Å². The summed E-state index contributed by atoms with van der Waals surface area (Å²) < 4.78 is 22.7. The minimum atomic E-state index is -1.63. The number of hydrogen-bond acceptors (Lipinski definition) is 8. The number of likely N-dealkylation sites (N-methyl/N-ethyl adjacent to an activating group) is 1. The predicted molar refractivity (Wildman–Crippen MR) is 338 cm³/mol. The lowest BCUT2D eigenvalue weighted by molar-refractivity contribution is -0.870. The van der Waals surface area contributed by atoms with Crippen molar-refractivity contribution in [2.45, 2.75) is 264 Å². The van der Waals surface area contributed by atoms with Gasteiger partial charge in [-0.1, -0.05) is 270 Å². The van der Waals surface area contributed by atoms with Gasteiger partial charge in [-0.2, -0.15) is 0 Å². The highest BCUT2D eigenvalue weighted by Gasteiger charge is 2.22. The van der Waals surface area contributed by atoms with E-state index in [9.17, 15) is 19.5 Å². The molecular formula is C71H119NO8. The maximum atomic E-state index is 12.9. The van der Waals surface area contributed by atoms with Crippen LogP contribution in [0.5, 0.6) is 0 Å². The van der Waals surface area contributed by atoms with E-state index in [0.29, 0.717) is 17.4 Å². The monoisotopic (exact) mass is 1110 g/mol. The van der Waals surface area contributed by atoms with Crippen molar-refractivity contribution in [3.63, 3.8) is 0 Å². The lowest BCUT2D eigenvalue weighted by atomic mass is 10.0. The molecule has 0 radical (unpaired) electrons. The zero-order chi connectivity index (χ0) is 58.3. The number of quaternary nitrogens is 1. The average molecular weight is 1110 g/mol. The van der Waals surface area contributed by atoms with Crippen molar-refractivity contribution in [3.05, 3.63) is 122 Å². The Morgan fingerprint density at radius 1 is 0.388 bits per heavy atom. The molecule has 456 valence electrons. The minimum absolute atomic E-state index is 0.140. The maximum Gasteiger partial charge on any atom is 0.306 e. The van der Waals surface area contributed by atoms with Crippen LogP contribution in [0.4, 0.5) is 0 Å². The third-order valence-electron chi connectivity index (χ3n) is 13.5. The molecule has 0 saturated carbocycles. The molecule has 0 aromatic heterocycles. The topological polar surface area (TPSA) is 111 Å². The van der Waals surface area contributed by atoms with Crippen LogP contribution in [0.2, 0.25) is 0 Å². The second-order valence-corrected chi connectivity index (χ2v) is 22.3. The molecule has 0 fully saturated rings. The first kappa shape index (κ1) is 75.7. The van der Waals surface area contributed by atoms with E-state index >= 15 is 0 Å². The van der Waals surface area contributed by atoms with Crippen LogP contribution in [0, 0.1) is 0 Å². The first-order valence-corrected chi connectivity index (χ1v) is 32.2. The number of carboxylic acids is 1. The summed E-state index contributed by atoms with van der Waals surface area (Å²) in [4.78, 5) is 37.4. The number of allylic oxidation sites excluding steroid dienone is 20. The zero-order valence-corrected chi connectivity index (χ0v) is 51.9. The molecule has 0 aromatic carbocycles. The van der Waals surface area contributed by atoms with Gasteiger partial charge in [0.25, 0.3) is 0 Å². The van der Waals surface area contributed by atoms with Gasteiger partial charge in [-0.3, -0.25) is 9.59 Å². The molecule has 0 aliphatic heterocycles. The van der Waals surface area contributed by atoms with Crippen LogP contribution in [0.1, 0.15) is 251 Å². The van der Waals surface area contributed by atoms with Crippen LogP contribution in [0.25, 0.3) is 0 Å². The summed E-state index contributed by atoms with van der Waals surface area (Å²) in [5.74, 6) is -2.30. The molecule has 80 heavy (non-hydrogen) atoms. The number of carbonyl (C=O) groups is 3. The molecule has 0 bridgehead atoms. The SMILES string of the molecule is CC/C=C\C/C=C\C/C=C\C/C=C\C/C=C\C/C=C\C/C=C\C/C=C\C/C=C\C/C=C\CCCCCCCCC(=O)OC(COC(=O)CCCCCCCCCCCCCCCCCCCC)COC(OCC[N+](C)(C)C)C(=O)[O-]. The van der Waals surface area contributed by atoms with Gasteiger partial charge in [0.05, 0.1) is 40.3 Å². The predicted octanol–water partition coefficient (Wildman–Crippen LogP) is 18.3. The average Bonchev–Trinajstić information content (AvgIpc) is 3.43. The van der Waals surface area contributed by atoms with Crippen LogP contribution >= 0.6 is 0 Å². The summed E-state index contributed by atoms with van der Waals surface area (Å²) >= 11 is 0. The molecule has 0 saturated heterocycles. The molecule has 2 atom stereocenters. The van der Waals surface area contributed by atoms with E-state index < -0.39 is 24.3 Å². The van der Waals surface area contributed by atoms with Crippen LogP contribution in [0.15, 0.2) is 122 Å². The van der Waals surface area contributed by atoms with Crippen LogP contribution < -0.4 is 5.11 Å². The fourth-order valence-electron chi connectivity index (χ4n) is 8.56. The molecule has 0 N–H and O–H groups in total. The molecule has 0 rings (SSSR count). The van der Waals surface area contributed by atoms with Crippen molar-refractivity contribution in [1.82, 2.24) is 0 Å². The first-order valence-electron chi connectivity index (χ1n) is 32.2. The molecule has 0 aliphatic carbocycles. The highest BCUT2D eigenvalue weighted by Crippen LogP contribution is 2.16. The number of esters is 2. The molecular weight excluding hydrogens is 995 g/mol. The number of rotatable bonds is 58. The Hall–Kier alpha value is -4.31. The second-order valence-electron chi connectivity index (χ2n) is 22.3. The Labute approximate surface area is 491 Å². The molecule has 0 heterocycles. The summed E-state index contributed by atoms with van der Waals surface area (Å²) in [5, 5.41) is 11.8. The number of carboxylic acid groups (broad SMARTS) is 1. The van der Waals surface area contributed by atoms with Crippen molar-refractivity contribution in [2.75, 3.05) is 47.5 Å². The van der Waals surface area contributed by atoms with Gasteiger partial charge in [-0.05, 0) is 89.9 Å². The fourth-order valence-corrected chi connectivity index (χ4v) is 8.56. The normalized spacial score (nSPS) is 13.6. The summed E-state index contributed by atoms with van der Waals surface area (Å²) in [5.41, 5.74) is 0. The summed E-state index contributed by atoms with van der Waals surface area (Å²) in [7, 11) is 5.91. The van der Waals surface area contributed by atoms with E-state index in [4.69, 9.17) is 18.9 Å². The van der Waals surface area contributed by atoms with Gasteiger partial charge in [-0.25, -0.2) is 0 Å². The highest BCUT2D eigenvalue weighted by molar-refractivity contribution is 5.70. The number of nitrogens with zero attached hydrogens (tertiary/aromatic N) is 1. The number of unbranched alkanes of at least 4 members (excludes halogenated alkanes) is 23. The van der Waals surface area contributed by atoms with Gasteiger partial charge in [0.1, 0.15) is 13.2 Å². The van der Waals surface area contributed by atoms with Gasteiger partial charge in [-0.15, -0.1) is 0 Å². The molecule has 0 spiro atoms. The Bertz CT molecular complexity index is 1730. The summed E-state index contributed by atoms with van der Waals surface area (Å²) in [6, 6.07) is 0. The van der Waals surface area contributed by atoms with Crippen LogP contribution in [-0.4, -0.2) is 82.3 Å². The Balaban J connectivity index is 4.23. The smallest absolute Gasteiger partial charge is 0.306 e. The van der Waals surface area contributed by atoms with Crippen molar-refractivity contribution >= 4 is 17.9 Å². The van der Waals surface area contributed by atoms with E-state index in [-0.39, 0.29) is 38.6 Å². The Morgan fingerprint density at radius 2 is 0.713 bits per heavy atom. The molecule has 0 amide bonds. The zero-order valence-electron chi connectivity index (χ0n) is 51.9. The van der Waals surface area contributed by atoms with Gasteiger partial charge < -0.3 is 33.3 Å². The van der Waals surface area contributed by atoms with Crippen molar-refractivity contribution in [3.8, 4) is 0 Å². The number of carbonyl (C=O) groups excluding carboxylic acids is 3. The number of ether oxygens (including phenoxy) is 4. The Morgan fingerprint density at radius 3 is 1.06 bits per heavy atom. The third-order valence-corrected chi connectivity index (χ3v) is 13.5. The highest BCUT2D eigenvalue weighted by atomic mass is 16.7. The van der Waals surface area contributed by atoms with Gasteiger partial charge >= 0.3 is 11.9 Å². The number of aliphatic carboxylic acids is 1. The van der Waals surface area contributed by atoms with Crippen molar-refractivity contribution < 1.29 is 42.9 Å². The first-order chi connectivity index (χ1) is 39.1. The lowest BCUT2D eigenvalue weighted by Gasteiger charge is -2.26. The van der Waals surface area contributed by atoms with E-state index in [2.05, 4.69) is 135 Å². The largest absolute Gasteiger partial charge is 0.545 e. The molecule has 9 nitrogen and oxygen atoms in total. The second kappa shape index (κ2) is 60.8. The van der Waals surface area contributed by atoms with Gasteiger partial charge in [0.15, 0.2) is 12.4 Å². The lowest BCUT2D eigenvalue weighted by Crippen LogP contribution is -2.44. The standard InChI is InChI=1S/C71H119NO8/c1-6-8-10-12-14-16-18-20-22-24-26-27-28-29-30-31-32-33-34-35-36-37-38-39-40-41-42-43-44-46-48-50-52-54-56-58-60-62-69(74)80-67(66-79-71(70(75)76)77-64-63-72(3,4)5)65-78-68(73)61-59-57-55-53-51-49-47-45-25-23-21-19-17-15-13-11-9-7-2/h8,10,14,16,20,22,26-27,29-30,32-33,35-36,38-39,41-42,44,46,67,71H,6-7,9,11-13,15,17-19,21,23-25,28,31,34,37,40,43,45,47-66H2,1-5H3/b10-8-,16-14-,22-20-,27-26-,30-29-,33-32-,36-35-,39-38-,42-41-,46-44-. The molecule has 9 heteroatoms. The van der Waals surface area contributed by atoms with Crippen LogP contribution in [0.3, 0.4) is 0 Å². The van der Waals surface area contributed by atoms with Crippen molar-refractivity contribution in [1.29, 1.82) is 0 Å². The quantitative estimate of drug-likeness (QED) is 0.0195. The van der Waals surface area contributed by atoms with E-state index in [1.54, 1.807) is 0 Å². The molecule has 2 unspecified atom stereocenters. The number of hydrogen-bond donors (Lipinski definition) is 0. The van der Waals surface area contributed by atoms with Gasteiger partial charge in [0.2, 0.25) is 0 Å². The Kier molecular flexibility index (Phi) is 57.5. The fraction of sp³-hybridized carbons (Fsp3) is 0.676. The van der Waals surface area contributed by atoms with E-state index in [1.165, 1.54) is 96.3 Å². The summed E-state index contributed by atoms with van der Waals surface area (Å²) in [6.07, 6.45) is 82.6. The summed E-state index contributed by atoms with van der Waals surface area (Å²) in [6.45, 7) is 4.62. The van der Waals surface area contributed by atoms with Crippen LogP contribution in [-0.2, 0) is 33.3 Å². The van der Waals surface area contributed by atoms with E-state index in [0.717, 1.165) is 122 Å². The minimum Gasteiger partial charge on any atom is -0.545 e. The van der Waals surface area contributed by atoms with Crippen molar-refractivity contribution in [2.24, 2.45) is 0 Å². The third kappa shape index (κ3) is 61.3.